The molecule has 0 aliphatic carbocycles. The second-order valence-electron chi connectivity index (χ2n) is 9.58. The fraction of sp³-hybridized carbons (Fsp3) is 0.407. The van der Waals surface area contributed by atoms with Gasteiger partial charge in [-0.2, -0.15) is 0 Å². The van der Waals surface area contributed by atoms with Crippen molar-refractivity contribution in [1.29, 1.82) is 0 Å². The third-order valence-electron chi connectivity index (χ3n) is 6.58. The number of amides is 2. The van der Waals surface area contributed by atoms with Crippen LogP contribution in [-0.4, -0.2) is 39.9 Å². The molecule has 5 nitrogen and oxygen atoms in total. The van der Waals surface area contributed by atoms with Crippen LogP contribution in [-0.2, 0) is 17.8 Å². The molecule has 2 heterocycles. The Morgan fingerprint density at radius 1 is 1.12 bits per heavy atom. The van der Waals surface area contributed by atoms with Crippen LogP contribution in [0.25, 0.3) is 10.9 Å². The lowest BCUT2D eigenvalue weighted by molar-refractivity contribution is -0.132. The molecular weight excluding hydrogens is 398 g/mol. The van der Waals surface area contributed by atoms with Gasteiger partial charge in [-0.15, -0.1) is 0 Å². The number of carbonyl (C=O) groups excluding carboxylic acids is 2. The normalized spacial score (nSPS) is 18.3. The molecule has 3 aromatic rings. The van der Waals surface area contributed by atoms with Crippen molar-refractivity contribution in [2.75, 3.05) is 13.1 Å². The number of nitrogens with zero attached hydrogens (tertiary/aromatic N) is 2. The maximum atomic E-state index is 13.7. The van der Waals surface area contributed by atoms with Gasteiger partial charge in [0.05, 0.1) is 6.54 Å². The lowest BCUT2D eigenvalue weighted by Gasteiger charge is -2.44. The number of aryl methyl sites for hydroxylation is 1. The summed E-state index contributed by atoms with van der Waals surface area (Å²) in [5.74, 6) is 0.341. The minimum absolute atomic E-state index is 0.0823. The Labute approximate surface area is 190 Å². The Bertz CT molecular complexity index is 1130. The molecule has 1 atom stereocenters. The van der Waals surface area contributed by atoms with Crippen LogP contribution in [0.1, 0.15) is 48.8 Å². The fourth-order valence-electron chi connectivity index (χ4n) is 4.52. The number of nitrogens with one attached hydrogen (secondary N) is 1. The highest BCUT2D eigenvalue weighted by molar-refractivity contribution is 6.03. The van der Waals surface area contributed by atoms with Gasteiger partial charge in [-0.3, -0.25) is 9.59 Å². The molecule has 2 aromatic carbocycles. The van der Waals surface area contributed by atoms with E-state index in [2.05, 4.69) is 50.4 Å². The van der Waals surface area contributed by atoms with E-state index in [-0.39, 0.29) is 11.8 Å². The third kappa shape index (κ3) is 4.16. The number of aromatic nitrogens is 1. The van der Waals surface area contributed by atoms with E-state index in [0.29, 0.717) is 37.7 Å². The third-order valence-corrected chi connectivity index (χ3v) is 6.58. The van der Waals surface area contributed by atoms with Gasteiger partial charge in [0.15, 0.2) is 0 Å². The molecule has 4 rings (SSSR count). The smallest absolute Gasteiger partial charge is 0.271 e. The zero-order chi connectivity index (χ0) is 22.9. The van der Waals surface area contributed by atoms with Gasteiger partial charge in [0, 0.05) is 24.0 Å². The monoisotopic (exact) mass is 431 g/mol. The molecule has 168 valence electrons. The Balaban J connectivity index is 1.67. The molecule has 2 amide bonds. The standard InChI is InChI=1S/C27H33N3O2/c1-19(2)13-15-28-26(32)27(4)18-29-23-8-6-5-7-22(23)17-24(29)25(31)30(27)16-14-21-11-9-20(3)10-12-21/h5-12,17,19H,13-16,18H2,1-4H3,(H,28,32)/t27-/m1/s1. The van der Waals surface area contributed by atoms with Crippen molar-refractivity contribution in [3.8, 4) is 0 Å². The summed E-state index contributed by atoms with van der Waals surface area (Å²) in [6.45, 7) is 9.82. The molecule has 0 spiro atoms. The van der Waals surface area contributed by atoms with E-state index in [0.717, 1.165) is 22.9 Å². The van der Waals surface area contributed by atoms with Crippen molar-refractivity contribution in [2.45, 2.75) is 52.6 Å². The molecule has 0 bridgehead atoms. The topological polar surface area (TPSA) is 54.3 Å². The number of hydrogen-bond donors (Lipinski definition) is 1. The Morgan fingerprint density at radius 2 is 1.84 bits per heavy atom. The summed E-state index contributed by atoms with van der Waals surface area (Å²) in [5, 5.41) is 4.13. The van der Waals surface area contributed by atoms with Gasteiger partial charge in [0.2, 0.25) is 5.91 Å². The average Bonchev–Trinajstić information content (AvgIpc) is 3.13. The SMILES string of the molecule is Cc1ccc(CCN2C(=O)c3cc4ccccc4n3C[C@]2(C)C(=O)NCCC(C)C)cc1. The lowest BCUT2D eigenvalue weighted by atomic mass is 9.93. The molecule has 1 aliphatic rings. The largest absolute Gasteiger partial charge is 0.354 e. The summed E-state index contributed by atoms with van der Waals surface area (Å²) in [5.41, 5.74) is 3.07. The highest BCUT2D eigenvalue weighted by atomic mass is 16.2. The van der Waals surface area contributed by atoms with Crippen LogP contribution < -0.4 is 5.32 Å². The zero-order valence-electron chi connectivity index (χ0n) is 19.5. The van der Waals surface area contributed by atoms with E-state index < -0.39 is 5.54 Å². The van der Waals surface area contributed by atoms with Gasteiger partial charge in [-0.05, 0) is 50.3 Å². The summed E-state index contributed by atoms with van der Waals surface area (Å²) in [6.07, 6.45) is 1.62. The van der Waals surface area contributed by atoms with Crippen LogP contribution in [0, 0.1) is 12.8 Å². The lowest BCUT2D eigenvalue weighted by Crippen LogP contribution is -2.64. The molecule has 0 unspecified atom stereocenters. The number of fused-ring (bicyclic) bond motifs is 3. The van der Waals surface area contributed by atoms with Gasteiger partial charge in [-0.1, -0.05) is 61.9 Å². The predicted molar refractivity (Wildman–Crippen MR) is 129 cm³/mol. The molecule has 1 N–H and O–H groups in total. The first-order valence-corrected chi connectivity index (χ1v) is 11.5. The van der Waals surface area contributed by atoms with Crippen molar-refractivity contribution < 1.29 is 9.59 Å². The van der Waals surface area contributed by atoms with Crippen LogP contribution in [0.3, 0.4) is 0 Å². The molecule has 1 aromatic heterocycles. The van der Waals surface area contributed by atoms with E-state index >= 15 is 0 Å². The number of hydrogen-bond acceptors (Lipinski definition) is 2. The highest BCUT2D eigenvalue weighted by Gasteiger charge is 2.47. The van der Waals surface area contributed by atoms with Crippen molar-refractivity contribution in [1.82, 2.24) is 14.8 Å². The minimum atomic E-state index is -0.951. The molecule has 1 aliphatic heterocycles. The van der Waals surface area contributed by atoms with Crippen molar-refractivity contribution in [3.05, 3.63) is 71.4 Å². The van der Waals surface area contributed by atoms with Crippen LogP contribution in [0.2, 0.25) is 0 Å². The Kier molecular flexibility index (Phi) is 6.09. The fourth-order valence-corrected chi connectivity index (χ4v) is 4.52. The van der Waals surface area contributed by atoms with Gasteiger partial charge >= 0.3 is 0 Å². The summed E-state index contributed by atoms with van der Waals surface area (Å²) in [6, 6.07) is 18.3. The average molecular weight is 432 g/mol. The van der Waals surface area contributed by atoms with Crippen molar-refractivity contribution in [3.63, 3.8) is 0 Å². The molecular formula is C27H33N3O2. The first-order valence-electron chi connectivity index (χ1n) is 11.5. The van der Waals surface area contributed by atoms with Crippen molar-refractivity contribution >= 4 is 22.7 Å². The van der Waals surface area contributed by atoms with Gasteiger partial charge in [0.25, 0.3) is 5.91 Å². The summed E-state index contributed by atoms with van der Waals surface area (Å²) >= 11 is 0. The summed E-state index contributed by atoms with van der Waals surface area (Å²) in [7, 11) is 0. The number of benzene rings is 2. The number of carbonyl (C=O) groups is 2. The van der Waals surface area contributed by atoms with E-state index in [1.54, 1.807) is 4.90 Å². The van der Waals surface area contributed by atoms with Crippen LogP contribution in [0.4, 0.5) is 0 Å². The minimum Gasteiger partial charge on any atom is -0.354 e. The summed E-state index contributed by atoms with van der Waals surface area (Å²) in [4.78, 5) is 28.9. The first-order chi connectivity index (χ1) is 15.3. The molecule has 0 saturated heterocycles. The van der Waals surface area contributed by atoms with Gasteiger partial charge < -0.3 is 14.8 Å². The second-order valence-corrected chi connectivity index (χ2v) is 9.58. The van der Waals surface area contributed by atoms with Gasteiger partial charge in [-0.25, -0.2) is 0 Å². The second kappa shape index (κ2) is 8.81. The Hall–Kier alpha value is -3.08. The Morgan fingerprint density at radius 3 is 2.56 bits per heavy atom. The molecule has 0 fully saturated rings. The molecule has 32 heavy (non-hydrogen) atoms. The van der Waals surface area contributed by atoms with Crippen molar-refractivity contribution in [2.24, 2.45) is 5.92 Å². The maximum absolute atomic E-state index is 13.7. The first kappa shape index (κ1) is 22.1. The number of para-hydroxylation sites is 1. The van der Waals surface area contributed by atoms with E-state index in [1.807, 2.05) is 41.8 Å². The molecule has 0 radical (unpaired) electrons. The zero-order valence-corrected chi connectivity index (χ0v) is 19.5. The molecule has 0 saturated carbocycles. The quantitative estimate of drug-likeness (QED) is 0.596. The highest BCUT2D eigenvalue weighted by Crippen LogP contribution is 2.32. The van der Waals surface area contributed by atoms with Gasteiger partial charge in [0.1, 0.15) is 11.2 Å². The number of rotatable bonds is 7. The van der Waals surface area contributed by atoms with Crippen LogP contribution in [0.5, 0.6) is 0 Å². The van der Waals surface area contributed by atoms with E-state index in [9.17, 15) is 9.59 Å². The van der Waals surface area contributed by atoms with Crippen LogP contribution in [0.15, 0.2) is 54.6 Å². The maximum Gasteiger partial charge on any atom is 0.271 e. The van der Waals surface area contributed by atoms with E-state index in [1.165, 1.54) is 5.56 Å². The molecule has 5 heteroatoms. The summed E-state index contributed by atoms with van der Waals surface area (Å²) < 4.78 is 2.02. The van der Waals surface area contributed by atoms with E-state index in [4.69, 9.17) is 0 Å². The predicted octanol–water partition coefficient (Wildman–Crippen LogP) is 4.57. The van der Waals surface area contributed by atoms with Crippen LogP contribution >= 0.6 is 0 Å².